The highest BCUT2D eigenvalue weighted by atomic mass is 16.1. The Labute approximate surface area is 180 Å². The molecular formula is C26H33N3O. The Bertz CT molecular complexity index is 969. The summed E-state index contributed by atoms with van der Waals surface area (Å²) in [6.07, 6.45) is 7.83. The lowest BCUT2D eigenvalue weighted by Crippen LogP contribution is -2.38. The quantitative estimate of drug-likeness (QED) is 0.613. The first-order valence-electron chi connectivity index (χ1n) is 11.5. The summed E-state index contributed by atoms with van der Waals surface area (Å²) in [5.41, 5.74) is 4.51. The van der Waals surface area contributed by atoms with Crippen LogP contribution in [0.2, 0.25) is 0 Å². The van der Waals surface area contributed by atoms with E-state index in [1.54, 1.807) is 0 Å². The molecule has 2 aliphatic rings. The van der Waals surface area contributed by atoms with Gasteiger partial charge in [0.2, 0.25) is 0 Å². The van der Waals surface area contributed by atoms with E-state index in [1.807, 2.05) is 18.5 Å². The van der Waals surface area contributed by atoms with E-state index in [9.17, 15) is 10.1 Å². The van der Waals surface area contributed by atoms with Gasteiger partial charge in [0.05, 0.1) is 28.7 Å². The van der Waals surface area contributed by atoms with E-state index >= 15 is 0 Å². The number of carbonyl (C=O) groups is 1. The Morgan fingerprint density at radius 2 is 1.87 bits per heavy atom. The number of hydrogen-bond acceptors (Lipinski definition) is 3. The fourth-order valence-electron chi connectivity index (χ4n) is 5.25. The Kier molecular flexibility index (Phi) is 5.57. The van der Waals surface area contributed by atoms with Crippen LogP contribution < -0.4 is 0 Å². The Morgan fingerprint density at radius 3 is 2.47 bits per heavy atom. The van der Waals surface area contributed by atoms with Crippen LogP contribution in [0.25, 0.3) is 5.69 Å². The number of carbonyl (C=O) groups excluding carboxylic acids is 1. The van der Waals surface area contributed by atoms with Crippen LogP contribution in [-0.2, 0) is 12.8 Å². The minimum atomic E-state index is -0.601. The van der Waals surface area contributed by atoms with Crippen LogP contribution >= 0.6 is 0 Å². The summed E-state index contributed by atoms with van der Waals surface area (Å²) in [6.45, 7) is 8.43. The number of Topliss-reactive ketones (excluding diaryl/α,β-unsaturated/α-hetero) is 1. The summed E-state index contributed by atoms with van der Waals surface area (Å²) in [4.78, 5) is 13.4. The highest BCUT2D eigenvalue weighted by molar-refractivity contribution is 6.03. The summed E-state index contributed by atoms with van der Waals surface area (Å²) in [5.74, 6) is 0.592. The molecule has 30 heavy (non-hydrogen) atoms. The third-order valence-corrected chi connectivity index (χ3v) is 7.16. The van der Waals surface area contributed by atoms with Gasteiger partial charge in [0.15, 0.2) is 5.78 Å². The fraction of sp³-hybridized carbons (Fsp3) is 0.577. The second-order valence-corrected chi connectivity index (χ2v) is 10.2. The normalized spacial score (nSPS) is 21.1. The highest BCUT2D eigenvalue weighted by Gasteiger charge is 2.45. The van der Waals surface area contributed by atoms with Crippen molar-refractivity contribution >= 4 is 5.78 Å². The summed E-state index contributed by atoms with van der Waals surface area (Å²) in [6, 6.07) is 10.8. The number of aromatic nitrogens is 2. The zero-order valence-electron chi connectivity index (χ0n) is 18.7. The van der Waals surface area contributed by atoms with Crippen LogP contribution in [0.4, 0.5) is 0 Å². The molecule has 2 aliphatic carbocycles. The lowest BCUT2D eigenvalue weighted by molar-refractivity contribution is 0.0833. The zero-order valence-corrected chi connectivity index (χ0v) is 18.7. The van der Waals surface area contributed by atoms with E-state index in [-0.39, 0.29) is 5.78 Å². The number of rotatable bonds is 5. The third-order valence-electron chi connectivity index (χ3n) is 7.16. The van der Waals surface area contributed by atoms with Gasteiger partial charge in [-0.15, -0.1) is 0 Å². The molecule has 2 aromatic rings. The predicted octanol–water partition coefficient (Wildman–Crippen LogP) is 6.02. The van der Waals surface area contributed by atoms with Crippen molar-refractivity contribution in [1.29, 1.82) is 5.26 Å². The third kappa shape index (κ3) is 3.71. The van der Waals surface area contributed by atoms with E-state index in [0.717, 1.165) is 41.4 Å². The van der Waals surface area contributed by atoms with Gasteiger partial charge in [-0.05, 0) is 54.2 Å². The molecule has 0 bridgehead atoms. The average molecular weight is 404 g/mol. The van der Waals surface area contributed by atoms with Gasteiger partial charge in [-0.25, -0.2) is 4.68 Å². The SMILES string of the molecule is CC(C)c1ccc(-n2nc(CCC3CCCC3)c3c2CC(C)(C)C(C#N)C3=O)cc1. The molecule has 1 heterocycles. The minimum absolute atomic E-state index is 0.0322. The van der Waals surface area contributed by atoms with Crippen LogP contribution in [0.3, 0.4) is 0 Å². The van der Waals surface area contributed by atoms with Crippen LogP contribution in [-0.4, -0.2) is 15.6 Å². The van der Waals surface area contributed by atoms with Gasteiger partial charge in [-0.3, -0.25) is 4.79 Å². The first-order valence-corrected chi connectivity index (χ1v) is 11.5. The number of nitrogens with zero attached hydrogens (tertiary/aromatic N) is 3. The maximum atomic E-state index is 13.4. The van der Waals surface area contributed by atoms with Gasteiger partial charge in [0, 0.05) is 0 Å². The molecule has 4 rings (SSSR count). The number of fused-ring (bicyclic) bond motifs is 1. The molecule has 158 valence electrons. The average Bonchev–Trinajstić information content (AvgIpc) is 3.34. The maximum absolute atomic E-state index is 13.4. The lowest BCUT2D eigenvalue weighted by Gasteiger charge is -2.33. The van der Waals surface area contributed by atoms with Crippen LogP contribution in [0.1, 0.15) is 93.0 Å². The molecule has 1 saturated carbocycles. The Balaban J connectivity index is 1.76. The molecule has 1 atom stereocenters. The van der Waals surface area contributed by atoms with Gasteiger partial charge < -0.3 is 0 Å². The summed E-state index contributed by atoms with van der Waals surface area (Å²) in [5, 5.41) is 14.7. The molecule has 1 fully saturated rings. The highest BCUT2D eigenvalue weighted by Crippen LogP contribution is 2.42. The van der Waals surface area contributed by atoms with E-state index in [0.29, 0.717) is 12.3 Å². The molecule has 1 unspecified atom stereocenters. The number of nitriles is 1. The van der Waals surface area contributed by atoms with Crippen molar-refractivity contribution in [3.8, 4) is 11.8 Å². The number of hydrogen-bond donors (Lipinski definition) is 0. The minimum Gasteiger partial charge on any atom is -0.293 e. The number of benzene rings is 1. The molecule has 0 saturated heterocycles. The Hall–Kier alpha value is -2.41. The standard InChI is InChI=1S/C26H33N3O/c1-17(2)19-10-12-20(13-11-19)29-23-15-26(3,4)21(16-27)25(30)24(23)22(28-29)14-9-18-7-5-6-8-18/h10-13,17-18,21H,5-9,14-15H2,1-4H3. The molecule has 4 nitrogen and oxygen atoms in total. The molecule has 1 aromatic carbocycles. The van der Waals surface area contributed by atoms with Crippen LogP contribution in [0.15, 0.2) is 24.3 Å². The topological polar surface area (TPSA) is 58.7 Å². The van der Waals surface area contributed by atoms with Crippen molar-refractivity contribution in [1.82, 2.24) is 9.78 Å². The van der Waals surface area contributed by atoms with Crippen molar-refractivity contribution in [3.63, 3.8) is 0 Å². The van der Waals surface area contributed by atoms with Crippen molar-refractivity contribution in [3.05, 3.63) is 46.8 Å². The first kappa shape index (κ1) is 20.8. The largest absolute Gasteiger partial charge is 0.293 e. The summed E-state index contributed by atoms with van der Waals surface area (Å²) >= 11 is 0. The van der Waals surface area contributed by atoms with E-state index in [4.69, 9.17) is 5.10 Å². The van der Waals surface area contributed by atoms with E-state index in [2.05, 4.69) is 44.2 Å². The molecule has 0 aliphatic heterocycles. The van der Waals surface area contributed by atoms with E-state index in [1.165, 1.54) is 31.2 Å². The molecule has 1 aromatic heterocycles. The van der Waals surface area contributed by atoms with Crippen molar-refractivity contribution < 1.29 is 4.79 Å². The summed E-state index contributed by atoms with van der Waals surface area (Å²) < 4.78 is 1.98. The second kappa shape index (κ2) is 8.02. The molecule has 0 amide bonds. The first-order chi connectivity index (χ1) is 14.3. The van der Waals surface area contributed by atoms with Gasteiger partial charge in [-0.2, -0.15) is 10.4 Å². The second-order valence-electron chi connectivity index (χ2n) is 10.2. The van der Waals surface area contributed by atoms with Crippen molar-refractivity contribution in [2.24, 2.45) is 17.3 Å². The zero-order chi connectivity index (χ0) is 21.5. The lowest BCUT2D eigenvalue weighted by atomic mass is 9.67. The number of aryl methyl sites for hydroxylation is 1. The van der Waals surface area contributed by atoms with E-state index < -0.39 is 11.3 Å². The molecule has 0 radical (unpaired) electrons. The van der Waals surface area contributed by atoms with Crippen LogP contribution in [0, 0.1) is 28.6 Å². The number of ketones is 1. The van der Waals surface area contributed by atoms with Crippen molar-refractivity contribution in [2.75, 3.05) is 0 Å². The van der Waals surface area contributed by atoms with Crippen molar-refractivity contribution in [2.45, 2.75) is 78.6 Å². The van der Waals surface area contributed by atoms with Gasteiger partial charge in [-0.1, -0.05) is 65.5 Å². The monoisotopic (exact) mass is 403 g/mol. The fourth-order valence-corrected chi connectivity index (χ4v) is 5.25. The summed E-state index contributed by atoms with van der Waals surface area (Å²) in [7, 11) is 0. The molecule has 0 spiro atoms. The van der Waals surface area contributed by atoms with Crippen LogP contribution in [0.5, 0.6) is 0 Å². The maximum Gasteiger partial charge on any atom is 0.184 e. The molecule has 4 heteroatoms. The predicted molar refractivity (Wildman–Crippen MR) is 119 cm³/mol. The molecular weight excluding hydrogens is 370 g/mol. The van der Waals surface area contributed by atoms with Gasteiger partial charge in [0.1, 0.15) is 5.92 Å². The smallest absolute Gasteiger partial charge is 0.184 e. The van der Waals surface area contributed by atoms with Gasteiger partial charge in [0.25, 0.3) is 0 Å². The Morgan fingerprint density at radius 1 is 1.20 bits per heavy atom. The molecule has 0 N–H and O–H groups in total. The van der Waals surface area contributed by atoms with Gasteiger partial charge >= 0.3 is 0 Å².